The number of halogens is 1. The minimum absolute atomic E-state index is 0.284. The Morgan fingerprint density at radius 1 is 1.56 bits per heavy atom. The summed E-state index contributed by atoms with van der Waals surface area (Å²) in [4.78, 5) is 10.1. The molecule has 0 saturated carbocycles. The first-order valence-corrected chi connectivity index (χ1v) is 3.12. The molecule has 2 N–H and O–H groups in total. The number of carbonyl (C=O) groups excluding carboxylic acids is 1. The third-order valence-corrected chi connectivity index (χ3v) is 1.06. The molecule has 0 aromatic heterocycles. The molecule has 0 unspecified atom stereocenters. The van der Waals surface area contributed by atoms with Crippen molar-refractivity contribution in [2.24, 2.45) is 5.73 Å². The monoisotopic (exact) mass is 147 g/mol. The summed E-state index contributed by atoms with van der Waals surface area (Å²) < 4.78 is 0. The van der Waals surface area contributed by atoms with Crippen LogP contribution >= 0.6 is 11.6 Å². The zero-order valence-electron chi connectivity index (χ0n) is 5.19. The van der Waals surface area contributed by atoms with Crippen LogP contribution in [0.25, 0.3) is 0 Å². The summed E-state index contributed by atoms with van der Waals surface area (Å²) in [6.07, 6.45) is 1.77. The van der Waals surface area contributed by atoms with E-state index < -0.39 is 0 Å². The van der Waals surface area contributed by atoms with Gasteiger partial charge in [0.25, 0.3) is 0 Å². The third-order valence-electron chi connectivity index (χ3n) is 0.871. The molecule has 0 spiro atoms. The van der Waals surface area contributed by atoms with Crippen LogP contribution in [0.5, 0.6) is 0 Å². The van der Waals surface area contributed by atoms with Gasteiger partial charge in [0.2, 0.25) is 5.91 Å². The number of nitrogens with two attached hydrogens (primary N) is 1. The van der Waals surface area contributed by atoms with E-state index in [1.165, 1.54) is 0 Å². The van der Waals surface area contributed by atoms with Crippen molar-refractivity contribution in [3.63, 3.8) is 0 Å². The molecule has 0 aliphatic heterocycles. The number of amides is 1. The standard InChI is InChI=1S/C6H10ClNO/c1-5(7)3-2-4-6(8)9/h1-4H2,(H2,8,9). The fourth-order valence-electron chi connectivity index (χ4n) is 0.454. The lowest BCUT2D eigenvalue weighted by Gasteiger charge is -1.92. The largest absolute Gasteiger partial charge is 0.370 e. The van der Waals surface area contributed by atoms with Crippen molar-refractivity contribution in [2.45, 2.75) is 19.3 Å². The Hall–Kier alpha value is -0.500. The third kappa shape index (κ3) is 7.50. The maximum absolute atomic E-state index is 10.1. The Labute approximate surface area is 59.7 Å². The molecule has 3 heteroatoms. The Kier molecular flexibility index (Phi) is 4.14. The number of primary amides is 1. The lowest BCUT2D eigenvalue weighted by Crippen LogP contribution is -2.09. The summed E-state index contributed by atoms with van der Waals surface area (Å²) in [6, 6.07) is 0. The summed E-state index contributed by atoms with van der Waals surface area (Å²) >= 11 is 5.41. The van der Waals surface area contributed by atoms with Gasteiger partial charge in [-0.2, -0.15) is 0 Å². The second-order valence-corrected chi connectivity index (χ2v) is 2.37. The highest BCUT2D eigenvalue weighted by molar-refractivity contribution is 6.29. The van der Waals surface area contributed by atoms with Crippen LogP contribution in [0, 0.1) is 0 Å². The van der Waals surface area contributed by atoms with Gasteiger partial charge in [0.15, 0.2) is 0 Å². The fraction of sp³-hybridized carbons (Fsp3) is 0.500. The summed E-state index contributed by atoms with van der Waals surface area (Å²) in [7, 11) is 0. The number of allylic oxidation sites excluding steroid dienone is 1. The van der Waals surface area contributed by atoms with E-state index in [9.17, 15) is 4.79 Å². The van der Waals surface area contributed by atoms with Gasteiger partial charge in [-0.15, -0.1) is 0 Å². The average Bonchev–Trinajstić information content (AvgIpc) is 1.63. The molecular formula is C6H10ClNO. The summed E-state index contributed by atoms with van der Waals surface area (Å²) in [5.41, 5.74) is 4.87. The van der Waals surface area contributed by atoms with Crippen molar-refractivity contribution < 1.29 is 4.79 Å². The molecule has 0 rings (SSSR count). The summed E-state index contributed by atoms with van der Waals surface area (Å²) in [5.74, 6) is -0.284. The van der Waals surface area contributed by atoms with Crippen LogP contribution in [0.1, 0.15) is 19.3 Å². The molecule has 0 saturated heterocycles. The van der Waals surface area contributed by atoms with E-state index in [4.69, 9.17) is 17.3 Å². The van der Waals surface area contributed by atoms with Gasteiger partial charge < -0.3 is 5.73 Å². The van der Waals surface area contributed by atoms with Crippen LogP contribution in [0.3, 0.4) is 0 Å². The Morgan fingerprint density at radius 2 is 2.11 bits per heavy atom. The van der Waals surface area contributed by atoms with Crippen LogP contribution in [-0.4, -0.2) is 5.91 Å². The molecule has 1 amide bonds. The molecule has 0 bridgehead atoms. The van der Waals surface area contributed by atoms with E-state index in [-0.39, 0.29) is 5.91 Å². The lowest BCUT2D eigenvalue weighted by atomic mass is 10.2. The highest BCUT2D eigenvalue weighted by atomic mass is 35.5. The molecular weight excluding hydrogens is 138 g/mol. The van der Waals surface area contributed by atoms with Crippen LogP contribution in [0.2, 0.25) is 0 Å². The Morgan fingerprint density at radius 3 is 2.44 bits per heavy atom. The summed E-state index contributed by atoms with van der Waals surface area (Å²) in [6.45, 7) is 3.47. The van der Waals surface area contributed by atoms with Gasteiger partial charge in [0, 0.05) is 11.5 Å². The molecule has 52 valence electrons. The van der Waals surface area contributed by atoms with Crippen LogP contribution in [0.15, 0.2) is 11.6 Å². The maximum Gasteiger partial charge on any atom is 0.217 e. The fourth-order valence-corrected chi connectivity index (χ4v) is 0.588. The van der Waals surface area contributed by atoms with Gasteiger partial charge in [0.05, 0.1) is 0 Å². The lowest BCUT2D eigenvalue weighted by molar-refractivity contribution is -0.118. The molecule has 0 radical (unpaired) electrons. The smallest absolute Gasteiger partial charge is 0.217 e. The molecule has 0 aromatic carbocycles. The van der Waals surface area contributed by atoms with Crippen molar-refractivity contribution in [1.29, 1.82) is 0 Å². The maximum atomic E-state index is 10.1. The number of hydrogen-bond acceptors (Lipinski definition) is 1. The quantitative estimate of drug-likeness (QED) is 0.642. The minimum atomic E-state index is -0.284. The molecule has 0 aliphatic carbocycles. The van der Waals surface area contributed by atoms with E-state index >= 15 is 0 Å². The first kappa shape index (κ1) is 8.50. The van der Waals surface area contributed by atoms with Gasteiger partial charge >= 0.3 is 0 Å². The van der Waals surface area contributed by atoms with Crippen molar-refractivity contribution in [3.05, 3.63) is 11.6 Å². The van der Waals surface area contributed by atoms with Gasteiger partial charge in [-0.05, 0) is 12.8 Å². The van der Waals surface area contributed by atoms with E-state index in [1.54, 1.807) is 0 Å². The Balaban J connectivity index is 3.10. The van der Waals surface area contributed by atoms with Gasteiger partial charge in [-0.3, -0.25) is 4.79 Å². The SMILES string of the molecule is C=C(Cl)CCCC(N)=O. The highest BCUT2D eigenvalue weighted by Gasteiger charge is 1.93. The second kappa shape index (κ2) is 4.39. The number of carbonyl (C=O) groups is 1. The molecule has 0 fully saturated rings. The van der Waals surface area contributed by atoms with E-state index in [0.717, 1.165) is 0 Å². The molecule has 9 heavy (non-hydrogen) atoms. The van der Waals surface area contributed by atoms with E-state index in [1.807, 2.05) is 0 Å². The molecule has 0 heterocycles. The van der Waals surface area contributed by atoms with Crippen LogP contribution in [0.4, 0.5) is 0 Å². The van der Waals surface area contributed by atoms with Gasteiger partial charge in [-0.1, -0.05) is 18.2 Å². The van der Waals surface area contributed by atoms with Crippen LogP contribution < -0.4 is 5.73 Å². The van der Waals surface area contributed by atoms with E-state index in [2.05, 4.69) is 6.58 Å². The van der Waals surface area contributed by atoms with Crippen molar-refractivity contribution in [3.8, 4) is 0 Å². The Bertz CT molecular complexity index is 108. The van der Waals surface area contributed by atoms with Gasteiger partial charge in [0.1, 0.15) is 0 Å². The molecule has 0 atom stereocenters. The van der Waals surface area contributed by atoms with Gasteiger partial charge in [-0.25, -0.2) is 0 Å². The number of rotatable bonds is 4. The molecule has 0 aromatic rings. The first-order valence-electron chi connectivity index (χ1n) is 2.74. The predicted molar refractivity (Wildman–Crippen MR) is 38.0 cm³/mol. The molecule has 2 nitrogen and oxygen atoms in total. The van der Waals surface area contributed by atoms with Crippen molar-refractivity contribution in [2.75, 3.05) is 0 Å². The summed E-state index contributed by atoms with van der Waals surface area (Å²) in [5, 5.41) is 0.580. The molecule has 0 aliphatic rings. The minimum Gasteiger partial charge on any atom is -0.370 e. The first-order chi connectivity index (χ1) is 4.13. The topological polar surface area (TPSA) is 43.1 Å². The van der Waals surface area contributed by atoms with Crippen molar-refractivity contribution >= 4 is 17.5 Å². The average molecular weight is 148 g/mol. The van der Waals surface area contributed by atoms with E-state index in [0.29, 0.717) is 24.3 Å². The second-order valence-electron chi connectivity index (χ2n) is 1.84. The zero-order chi connectivity index (χ0) is 7.28. The number of hydrogen-bond donors (Lipinski definition) is 1. The predicted octanol–water partition coefficient (Wildman–Crippen LogP) is 1.39. The van der Waals surface area contributed by atoms with Crippen molar-refractivity contribution in [1.82, 2.24) is 0 Å². The highest BCUT2D eigenvalue weighted by Crippen LogP contribution is 2.07. The zero-order valence-corrected chi connectivity index (χ0v) is 5.95. The van der Waals surface area contributed by atoms with Crippen LogP contribution in [-0.2, 0) is 4.79 Å². The normalized spacial score (nSPS) is 9.00.